The molecule has 0 unspecified atom stereocenters. The molecular formula is C9H14O6. The summed E-state index contributed by atoms with van der Waals surface area (Å²) < 4.78 is 19.1. The smallest absolute Gasteiger partial charge is 0.347 e. The molecule has 0 aromatic carbocycles. The Morgan fingerprint density at radius 1 is 1.53 bits per heavy atom. The van der Waals surface area contributed by atoms with Crippen LogP contribution in [0.3, 0.4) is 0 Å². The Morgan fingerprint density at radius 2 is 2.33 bits per heavy atom. The van der Waals surface area contributed by atoms with E-state index in [1.165, 1.54) is 7.11 Å². The first-order valence-electron chi connectivity index (χ1n) is 4.67. The van der Waals surface area contributed by atoms with Gasteiger partial charge < -0.3 is 18.9 Å². The molecule has 6 nitrogen and oxygen atoms in total. The third-order valence-electron chi connectivity index (χ3n) is 1.81. The van der Waals surface area contributed by atoms with Gasteiger partial charge in [-0.1, -0.05) is 0 Å². The highest BCUT2D eigenvalue weighted by molar-refractivity contribution is 5.80. The van der Waals surface area contributed by atoms with Gasteiger partial charge in [0.1, 0.15) is 6.61 Å². The summed E-state index contributed by atoms with van der Waals surface area (Å²) in [5.41, 5.74) is 0. The molecule has 15 heavy (non-hydrogen) atoms. The average Bonchev–Trinajstić information content (AvgIpc) is 2.59. The van der Waals surface area contributed by atoms with Crippen LogP contribution in [-0.4, -0.2) is 51.6 Å². The highest BCUT2D eigenvalue weighted by atomic mass is 16.6. The minimum absolute atomic E-state index is 0.173. The van der Waals surface area contributed by atoms with Gasteiger partial charge in [-0.05, 0) is 0 Å². The number of hydrogen-bond donors (Lipinski definition) is 0. The molecule has 0 spiro atoms. The average molecular weight is 218 g/mol. The molecular weight excluding hydrogens is 204 g/mol. The topological polar surface area (TPSA) is 71.1 Å². The third kappa shape index (κ3) is 4.26. The van der Waals surface area contributed by atoms with Crippen LogP contribution in [-0.2, 0) is 28.5 Å². The molecule has 1 rings (SSSR count). The Bertz CT molecular complexity index is 227. The summed E-state index contributed by atoms with van der Waals surface area (Å²) >= 11 is 0. The number of ether oxygens (including phenoxy) is 4. The fourth-order valence-corrected chi connectivity index (χ4v) is 1.07. The Labute approximate surface area is 87.4 Å². The molecule has 1 aliphatic heterocycles. The minimum atomic E-state index is -0.761. The Morgan fingerprint density at radius 3 is 2.93 bits per heavy atom. The standard InChI is InChI=1S/C9H14O6/c1-12-4-5-13-6-8(10)15-7-2-3-14-9(7)11/h7H,2-6H2,1H3/t7-/m0/s1. The summed E-state index contributed by atoms with van der Waals surface area (Å²) in [6.45, 7) is 0.869. The number of rotatable bonds is 6. The molecule has 0 aliphatic carbocycles. The minimum Gasteiger partial charge on any atom is -0.463 e. The van der Waals surface area contributed by atoms with E-state index in [1.807, 2.05) is 0 Å². The van der Waals surface area contributed by atoms with Gasteiger partial charge in [-0.15, -0.1) is 0 Å². The summed E-state index contributed by atoms with van der Waals surface area (Å²) in [5, 5.41) is 0. The van der Waals surface area contributed by atoms with Crippen LogP contribution in [0.25, 0.3) is 0 Å². The van der Waals surface area contributed by atoms with E-state index in [-0.39, 0.29) is 6.61 Å². The predicted octanol–water partition coefficient (Wildman–Crippen LogP) is -0.492. The van der Waals surface area contributed by atoms with Crippen molar-refractivity contribution in [3.8, 4) is 0 Å². The zero-order valence-corrected chi connectivity index (χ0v) is 8.56. The van der Waals surface area contributed by atoms with Crippen molar-refractivity contribution < 1.29 is 28.5 Å². The molecule has 0 radical (unpaired) electrons. The van der Waals surface area contributed by atoms with Crippen molar-refractivity contribution in [3.05, 3.63) is 0 Å². The van der Waals surface area contributed by atoms with E-state index in [9.17, 15) is 9.59 Å². The molecule has 1 fully saturated rings. The number of esters is 2. The lowest BCUT2D eigenvalue weighted by molar-refractivity contribution is -0.163. The van der Waals surface area contributed by atoms with Crippen LogP contribution in [0, 0.1) is 0 Å². The van der Waals surface area contributed by atoms with E-state index in [2.05, 4.69) is 4.74 Å². The molecule has 0 N–H and O–H groups in total. The Balaban J connectivity index is 2.10. The van der Waals surface area contributed by atoms with Gasteiger partial charge >= 0.3 is 11.9 Å². The Hall–Kier alpha value is -1.14. The fourth-order valence-electron chi connectivity index (χ4n) is 1.07. The van der Waals surface area contributed by atoms with Crippen molar-refractivity contribution >= 4 is 11.9 Å². The van der Waals surface area contributed by atoms with E-state index in [0.29, 0.717) is 26.2 Å². The maximum absolute atomic E-state index is 11.1. The number of methoxy groups -OCH3 is 1. The fraction of sp³-hybridized carbons (Fsp3) is 0.778. The monoisotopic (exact) mass is 218 g/mol. The van der Waals surface area contributed by atoms with Crippen LogP contribution in [0.2, 0.25) is 0 Å². The van der Waals surface area contributed by atoms with Crippen LogP contribution >= 0.6 is 0 Å². The van der Waals surface area contributed by atoms with Crippen molar-refractivity contribution in [2.45, 2.75) is 12.5 Å². The molecule has 0 bridgehead atoms. The van der Waals surface area contributed by atoms with Crippen LogP contribution in [0.15, 0.2) is 0 Å². The van der Waals surface area contributed by atoms with Crippen LogP contribution in [0.5, 0.6) is 0 Å². The zero-order chi connectivity index (χ0) is 11.1. The molecule has 0 aromatic rings. The van der Waals surface area contributed by atoms with Gasteiger partial charge in [-0.25, -0.2) is 9.59 Å². The number of carbonyl (C=O) groups is 2. The summed E-state index contributed by atoms with van der Waals surface area (Å²) in [6, 6.07) is 0. The number of cyclic esters (lactones) is 1. The van der Waals surface area contributed by atoms with Crippen molar-refractivity contribution in [1.29, 1.82) is 0 Å². The van der Waals surface area contributed by atoms with Crippen molar-refractivity contribution in [2.75, 3.05) is 33.5 Å². The van der Waals surface area contributed by atoms with Gasteiger partial charge in [0.2, 0.25) is 6.10 Å². The van der Waals surface area contributed by atoms with Gasteiger partial charge in [0, 0.05) is 13.5 Å². The molecule has 1 aliphatic rings. The first kappa shape index (κ1) is 11.9. The summed E-state index contributed by atoms with van der Waals surface area (Å²) in [7, 11) is 1.54. The predicted molar refractivity (Wildman–Crippen MR) is 48.2 cm³/mol. The second-order valence-electron chi connectivity index (χ2n) is 2.98. The van der Waals surface area contributed by atoms with E-state index in [0.717, 1.165) is 0 Å². The lowest BCUT2D eigenvalue weighted by atomic mass is 10.3. The molecule has 1 saturated heterocycles. The molecule has 6 heteroatoms. The van der Waals surface area contributed by atoms with Crippen LogP contribution < -0.4 is 0 Å². The Kier molecular flexibility index (Phi) is 5.06. The first-order chi connectivity index (χ1) is 7.24. The zero-order valence-electron chi connectivity index (χ0n) is 8.56. The quantitative estimate of drug-likeness (QED) is 0.442. The molecule has 0 amide bonds. The van der Waals surface area contributed by atoms with Crippen molar-refractivity contribution in [2.24, 2.45) is 0 Å². The van der Waals surface area contributed by atoms with Gasteiger partial charge in [-0.3, -0.25) is 0 Å². The molecule has 0 saturated carbocycles. The maximum atomic E-state index is 11.1. The van der Waals surface area contributed by atoms with E-state index < -0.39 is 18.0 Å². The third-order valence-corrected chi connectivity index (χ3v) is 1.81. The lowest BCUT2D eigenvalue weighted by Crippen LogP contribution is -2.25. The normalized spacial score (nSPS) is 20.1. The van der Waals surface area contributed by atoms with Crippen molar-refractivity contribution in [1.82, 2.24) is 0 Å². The summed E-state index contributed by atoms with van der Waals surface area (Å²) in [5.74, 6) is -1.05. The second kappa shape index (κ2) is 6.36. The van der Waals surface area contributed by atoms with Crippen LogP contribution in [0.4, 0.5) is 0 Å². The number of hydrogen-bond acceptors (Lipinski definition) is 6. The summed E-state index contributed by atoms with van der Waals surface area (Å²) in [4.78, 5) is 22.0. The summed E-state index contributed by atoms with van der Waals surface area (Å²) in [6.07, 6.45) is -0.341. The lowest BCUT2D eigenvalue weighted by Gasteiger charge is -2.08. The molecule has 86 valence electrons. The van der Waals surface area contributed by atoms with Crippen molar-refractivity contribution in [3.63, 3.8) is 0 Å². The van der Waals surface area contributed by atoms with Crippen LogP contribution in [0.1, 0.15) is 6.42 Å². The molecule has 0 aromatic heterocycles. The number of carbonyl (C=O) groups excluding carboxylic acids is 2. The first-order valence-corrected chi connectivity index (χ1v) is 4.67. The second-order valence-corrected chi connectivity index (χ2v) is 2.98. The SMILES string of the molecule is COCCOCC(=O)O[C@H]1CCOC1=O. The van der Waals surface area contributed by atoms with Gasteiger partial charge in [0.05, 0.1) is 19.8 Å². The largest absolute Gasteiger partial charge is 0.463 e. The highest BCUT2D eigenvalue weighted by Crippen LogP contribution is 2.10. The molecule has 1 atom stereocenters. The maximum Gasteiger partial charge on any atom is 0.347 e. The van der Waals surface area contributed by atoms with E-state index in [4.69, 9.17) is 14.2 Å². The highest BCUT2D eigenvalue weighted by Gasteiger charge is 2.29. The van der Waals surface area contributed by atoms with E-state index in [1.54, 1.807) is 0 Å². The van der Waals surface area contributed by atoms with Gasteiger partial charge in [-0.2, -0.15) is 0 Å². The van der Waals surface area contributed by atoms with E-state index >= 15 is 0 Å². The molecule has 1 heterocycles. The van der Waals surface area contributed by atoms with Gasteiger partial charge in [0.15, 0.2) is 0 Å². The van der Waals surface area contributed by atoms with Gasteiger partial charge in [0.25, 0.3) is 0 Å².